The van der Waals surface area contributed by atoms with Crippen LogP contribution in [0.1, 0.15) is 27.9 Å². The normalized spacial score (nSPS) is 13.8. The monoisotopic (exact) mass is 423 g/mol. The van der Waals surface area contributed by atoms with Crippen molar-refractivity contribution in [3.63, 3.8) is 0 Å². The molecule has 32 heavy (non-hydrogen) atoms. The highest BCUT2D eigenvalue weighted by Crippen LogP contribution is 2.27. The lowest BCUT2D eigenvalue weighted by Crippen LogP contribution is -2.28. The molecular formula is C27H25N3O2. The van der Waals surface area contributed by atoms with E-state index in [0.717, 1.165) is 41.8 Å². The summed E-state index contributed by atoms with van der Waals surface area (Å²) >= 11 is 0. The van der Waals surface area contributed by atoms with Crippen molar-refractivity contribution in [1.29, 1.82) is 0 Å². The Balaban J connectivity index is 1.31. The summed E-state index contributed by atoms with van der Waals surface area (Å²) in [5.74, 6) is -0.319. The minimum absolute atomic E-state index is 0.319. The minimum atomic E-state index is -0.319. The Morgan fingerprint density at radius 1 is 1.06 bits per heavy atom. The summed E-state index contributed by atoms with van der Waals surface area (Å²) < 4.78 is 6.90. The Morgan fingerprint density at radius 2 is 1.88 bits per heavy atom. The zero-order valence-corrected chi connectivity index (χ0v) is 18.1. The number of carbonyl (C=O) groups excluding carboxylic acids is 1. The quantitative estimate of drug-likeness (QED) is 0.416. The summed E-state index contributed by atoms with van der Waals surface area (Å²) in [4.78, 5) is 18.8. The van der Waals surface area contributed by atoms with Crippen molar-refractivity contribution in [2.75, 3.05) is 25.1 Å². The number of fused-ring (bicyclic) bond motifs is 1. The SMILES string of the molecule is COC(=O)c1ccc(Cn2ccc3cc(N4CC=C(c5ccccc5)CC4)cnc32)cc1. The van der Waals surface area contributed by atoms with Crippen LogP contribution in [0.5, 0.6) is 0 Å². The number of carbonyl (C=O) groups is 1. The molecule has 0 aliphatic carbocycles. The molecule has 5 nitrogen and oxygen atoms in total. The highest BCUT2D eigenvalue weighted by Gasteiger charge is 2.15. The van der Waals surface area contributed by atoms with E-state index in [9.17, 15) is 4.79 Å². The third-order valence-electron chi connectivity index (χ3n) is 6.03. The maximum absolute atomic E-state index is 11.6. The summed E-state index contributed by atoms with van der Waals surface area (Å²) in [5, 5.41) is 1.13. The number of esters is 1. The molecule has 4 aromatic rings. The van der Waals surface area contributed by atoms with Crippen LogP contribution in [-0.2, 0) is 11.3 Å². The van der Waals surface area contributed by atoms with E-state index in [1.807, 2.05) is 18.3 Å². The Labute approximate surface area is 187 Å². The van der Waals surface area contributed by atoms with E-state index in [4.69, 9.17) is 9.72 Å². The van der Waals surface area contributed by atoms with Crippen LogP contribution in [0.25, 0.3) is 16.6 Å². The molecule has 0 saturated heterocycles. The molecule has 5 rings (SSSR count). The van der Waals surface area contributed by atoms with Gasteiger partial charge in [0, 0.05) is 31.2 Å². The van der Waals surface area contributed by atoms with Gasteiger partial charge in [-0.1, -0.05) is 48.5 Å². The molecule has 2 aromatic heterocycles. The number of hydrogen-bond acceptors (Lipinski definition) is 4. The fourth-order valence-corrected chi connectivity index (χ4v) is 4.25. The molecule has 0 bridgehead atoms. The molecule has 0 atom stereocenters. The summed E-state index contributed by atoms with van der Waals surface area (Å²) in [7, 11) is 1.39. The Kier molecular flexibility index (Phi) is 5.46. The lowest BCUT2D eigenvalue weighted by atomic mass is 9.99. The second kappa shape index (κ2) is 8.71. The number of hydrogen-bond donors (Lipinski definition) is 0. The van der Waals surface area contributed by atoms with Crippen LogP contribution in [-0.4, -0.2) is 35.7 Å². The predicted octanol–water partition coefficient (Wildman–Crippen LogP) is 5.16. The molecule has 0 saturated carbocycles. The van der Waals surface area contributed by atoms with Crippen LogP contribution in [0.2, 0.25) is 0 Å². The van der Waals surface area contributed by atoms with Crippen LogP contribution < -0.4 is 4.90 Å². The van der Waals surface area contributed by atoms with E-state index >= 15 is 0 Å². The molecule has 3 heterocycles. The van der Waals surface area contributed by atoms with Crippen molar-refractivity contribution in [2.24, 2.45) is 0 Å². The summed E-state index contributed by atoms with van der Waals surface area (Å²) in [5.41, 5.74) is 6.51. The first-order valence-electron chi connectivity index (χ1n) is 10.8. The molecule has 0 fully saturated rings. The number of nitrogens with zero attached hydrogens (tertiary/aromatic N) is 3. The first-order chi connectivity index (χ1) is 15.7. The molecule has 5 heteroatoms. The van der Waals surface area contributed by atoms with Gasteiger partial charge < -0.3 is 14.2 Å². The van der Waals surface area contributed by atoms with Crippen LogP contribution in [0.3, 0.4) is 0 Å². The first-order valence-corrected chi connectivity index (χ1v) is 10.8. The van der Waals surface area contributed by atoms with Gasteiger partial charge in [0.15, 0.2) is 0 Å². The number of benzene rings is 2. The molecule has 0 N–H and O–H groups in total. The highest BCUT2D eigenvalue weighted by atomic mass is 16.5. The van der Waals surface area contributed by atoms with E-state index in [-0.39, 0.29) is 5.97 Å². The summed E-state index contributed by atoms with van der Waals surface area (Å²) in [6.45, 7) is 2.58. The maximum Gasteiger partial charge on any atom is 0.337 e. The van der Waals surface area contributed by atoms with Gasteiger partial charge in [-0.25, -0.2) is 9.78 Å². The lowest BCUT2D eigenvalue weighted by Gasteiger charge is -2.28. The van der Waals surface area contributed by atoms with E-state index in [2.05, 4.69) is 64.2 Å². The van der Waals surface area contributed by atoms with Crippen LogP contribution in [0.15, 0.2) is 85.2 Å². The van der Waals surface area contributed by atoms with Gasteiger partial charge in [-0.15, -0.1) is 0 Å². The molecule has 1 aliphatic heterocycles. The molecular weight excluding hydrogens is 398 g/mol. The van der Waals surface area contributed by atoms with Gasteiger partial charge in [0.1, 0.15) is 5.65 Å². The lowest BCUT2D eigenvalue weighted by molar-refractivity contribution is 0.0600. The fourth-order valence-electron chi connectivity index (χ4n) is 4.25. The molecule has 0 radical (unpaired) electrons. The van der Waals surface area contributed by atoms with Gasteiger partial charge in [-0.3, -0.25) is 0 Å². The van der Waals surface area contributed by atoms with Crippen molar-refractivity contribution < 1.29 is 9.53 Å². The molecule has 0 amide bonds. The Morgan fingerprint density at radius 3 is 2.59 bits per heavy atom. The van der Waals surface area contributed by atoms with Gasteiger partial charge in [-0.05, 0) is 47.4 Å². The van der Waals surface area contributed by atoms with E-state index in [1.54, 1.807) is 12.1 Å². The Hall–Kier alpha value is -3.86. The molecule has 0 spiro atoms. The molecule has 1 aliphatic rings. The fraction of sp³-hybridized carbons (Fsp3) is 0.185. The third-order valence-corrected chi connectivity index (χ3v) is 6.03. The molecule has 160 valence electrons. The average molecular weight is 424 g/mol. The topological polar surface area (TPSA) is 47.4 Å². The standard InChI is InChI=1S/C27H25N3O2/c1-32-27(31)23-9-7-20(8-10-23)19-30-16-13-24-17-25(18-28-26(24)30)29-14-11-22(12-15-29)21-5-3-2-4-6-21/h2-11,13,16-18H,12,14-15,19H2,1H3. The van der Waals surface area contributed by atoms with Crippen LogP contribution in [0.4, 0.5) is 5.69 Å². The van der Waals surface area contributed by atoms with Crippen molar-refractivity contribution in [3.8, 4) is 0 Å². The molecule has 2 aromatic carbocycles. The second-order valence-electron chi connectivity index (χ2n) is 8.03. The summed E-state index contributed by atoms with van der Waals surface area (Å²) in [6, 6.07) is 22.5. The van der Waals surface area contributed by atoms with E-state index in [0.29, 0.717) is 12.1 Å². The minimum Gasteiger partial charge on any atom is -0.465 e. The van der Waals surface area contributed by atoms with Crippen molar-refractivity contribution in [1.82, 2.24) is 9.55 Å². The number of rotatable bonds is 5. The third kappa shape index (κ3) is 4.02. The average Bonchev–Trinajstić information content (AvgIpc) is 3.26. The van der Waals surface area contributed by atoms with Crippen molar-refractivity contribution in [2.45, 2.75) is 13.0 Å². The van der Waals surface area contributed by atoms with Gasteiger partial charge in [0.25, 0.3) is 0 Å². The van der Waals surface area contributed by atoms with E-state index < -0.39 is 0 Å². The van der Waals surface area contributed by atoms with Crippen molar-refractivity contribution in [3.05, 3.63) is 102 Å². The zero-order valence-electron chi connectivity index (χ0n) is 18.1. The summed E-state index contributed by atoms with van der Waals surface area (Å²) in [6.07, 6.45) is 7.40. The number of anilines is 1. The van der Waals surface area contributed by atoms with Crippen LogP contribution in [0, 0.1) is 0 Å². The van der Waals surface area contributed by atoms with Gasteiger partial charge in [0.2, 0.25) is 0 Å². The second-order valence-corrected chi connectivity index (χ2v) is 8.03. The van der Waals surface area contributed by atoms with Gasteiger partial charge in [0.05, 0.1) is 24.6 Å². The molecule has 0 unspecified atom stereocenters. The van der Waals surface area contributed by atoms with Crippen molar-refractivity contribution >= 4 is 28.3 Å². The largest absolute Gasteiger partial charge is 0.465 e. The van der Waals surface area contributed by atoms with Gasteiger partial charge >= 0.3 is 5.97 Å². The first kappa shape index (κ1) is 20.1. The van der Waals surface area contributed by atoms with E-state index in [1.165, 1.54) is 18.2 Å². The number of methoxy groups -OCH3 is 1. The Bertz CT molecular complexity index is 1270. The number of aromatic nitrogens is 2. The predicted molar refractivity (Wildman–Crippen MR) is 128 cm³/mol. The van der Waals surface area contributed by atoms with Gasteiger partial charge in [-0.2, -0.15) is 0 Å². The maximum atomic E-state index is 11.6. The number of pyridine rings is 1. The smallest absolute Gasteiger partial charge is 0.337 e. The highest BCUT2D eigenvalue weighted by molar-refractivity contribution is 5.89. The zero-order chi connectivity index (χ0) is 21.9. The van der Waals surface area contributed by atoms with Crippen LogP contribution >= 0.6 is 0 Å². The number of ether oxygens (including phenoxy) is 1.